The van der Waals surface area contributed by atoms with E-state index < -0.39 is 0 Å². The largest absolute Gasteiger partial charge is 0.399 e. The lowest BCUT2D eigenvalue weighted by Gasteiger charge is -1.98. The number of hydrogen-bond acceptors (Lipinski definition) is 2. The second-order valence-corrected chi connectivity index (χ2v) is 2.17. The number of anilines is 1. The third-order valence-electron chi connectivity index (χ3n) is 1.29. The summed E-state index contributed by atoms with van der Waals surface area (Å²) in [5.74, 6) is 0. The molecular formula is C14H29NO. The zero-order valence-corrected chi connectivity index (χ0v) is 12.0. The number of methoxy groups -OCH3 is 1. The van der Waals surface area contributed by atoms with E-state index in [9.17, 15) is 0 Å². The van der Waals surface area contributed by atoms with E-state index in [-0.39, 0.29) is 0 Å². The van der Waals surface area contributed by atoms with Gasteiger partial charge in [0.05, 0.1) is 6.61 Å². The Morgan fingerprint density at radius 2 is 1.25 bits per heavy atom. The van der Waals surface area contributed by atoms with Gasteiger partial charge >= 0.3 is 0 Å². The smallest absolute Gasteiger partial charge is 0.0713 e. The molecule has 2 nitrogen and oxygen atoms in total. The van der Waals surface area contributed by atoms with Crippen LogP contribution in [0, 0.1) is 0 Å². The molecule has 1 aromatic rings. The molecule has 16 heavy (non-hydrogen) atoms. The van der Waals surface area contributed by atoms with Crippen molar-refractivity contribution in [3.05, 3.63) is 29.8 Å². The molecule has 0 unspecified atom stereocenters. The van der Waals surface area contributed by atoms with Gasteiger partial charge in [0.1, 0.15) is 0 Å². The minimum atomic E-state index is 0.653. The molecule has 0 aliphatic rings. The quantitative estimate of drug-likeness (QED) is 0.755. The van der Waals surface area contributed by atoms with Gasteiger partial charge in [0, 0.05) is 12.8 Å². The zero-order valence-electron chi connectivity index (χ0n) is 12.0. The van der Waals surface area contributed by atoms with Crippen molar-refractivity contribution in [2.24, 2.45) is 0 Å². The molecular weight excluding hydrogens is 198 g/mol. The lowest BCUT2D eigenvalue weighted by Crippen LogP contribution is -1.88. The first-order valence-electron chi connectivity index (χ1n) is 6.16. The van der Waals surface area contributed by atoms with Gasteiger partial charge in [-0.05, 0) is 17.7 Å². The van der Waals surface area contributed by atoms with Gasteiger partial charge in [-0.2, -0.15) is 0 Å². The van der Waals surface area contributed by atoms with Crippen LogP contribution in [0.1, 0.15) is 47.1 Å². The van der Waals surface area contributed by atoms with Gasteiger partial charge in [0.15, 0.2) is 0 Å². The Bertz CT molecular complexity index is 194. The summed E-state index contributed by atoms with van der Waals surface area (Å²) in [6.45, 7) is 12.7. The summed E-state index contributed by atoms with van der Waals surface area (Å²) in [6.07, 6.45) is 0. The number of nitrogens with two attached hydrogens (primary N) is 1. The monoisotopic (exact) mass is 227 g/mol. The van der Waals surface area contributed by atoms with Gasteiger partial charge in [-0.1, -0.05) is 53.7 Å². The maximum absolute atomic E-state index is 5.48. The fourth-order valence-corrected chi connectivity index (χ4v) is 0.781. The molecule has 0 fully saturated rings. The summed E-state index contributed by atoms with van der Waals surface area (Å²) < 4.78 is 4.93. The van der Waals surface area contributed by atoms with E-state index in [4.69, 9.17) is 10.5 Å². The zero-order chi connectivity index (χ0) is 13.4. The first-order chi connectivity index (χ1) is 7.83. The molecule has 0 radical (unpaired) electrons. The summed E-state index contributed by atoms with van der Waals surface area (Å²) in [4.78, 5) is 0. The molecule has 1 rings (SSSR count). The Morgan fingerprint density at radius 1 is 0.875 bits per heavy atom. The van der Waals surface area contributed by atoms with Crippen molar-refractivity contribution >= 4 is 5.69 Å². The minimum absolute atomic E-state index is 0.653. The summed E-state index contributed by atoms with van der Waals surface area (Å²) in [5, 5.41) is 0. The predicted octanol–water partition coefficient (Wildman–Crippen LogP) is 4.49. The van der Waals surface area contributed by atoms with E-state index in [0.717, 1.165) is 11.3 Å². The van der Waals surface area contributed by atoms with Gasteiger partial charge in [-0.25, -0.2) is 0 Å². The average Bonchev–Trinajstić information content (AvgIpc) is 2.40. The molecule has 0 aliphatic carbocycles. The van der Waals surface area contributed by atoms with Gasteiger partial charge in [0.2, 0.25) is 0 Å². The van der Waals surface area contributed by atoms with Crippen molar-refractivity contribution in [1.29, 1.82) is 0 Å². The van der Waals surface area contributed by atoms with Crippen molar-refractivity contribution in [1.82, 2.24) is 0 Å². The molecule has 2 heteroatoms. The molecule has 96 valence electrons. The van der Waals surface area contributed by atoms with E-state index in [1.54, 1.807) is 7.11 Å². The lowest BCUT2D eigenvalue weighted by molar-refractivity contribution is 0.185. The maximum atomic E-state index is 5.48. The topological polar surface area (TPSA) is 35.2 Å². The Morgan fingerprint density at radius 3 is 1.56 bits per heavy atom. The fraction of sp³-hybridized carbons (Fsp3) is 0.571. The highest BCUT2D eigenvalue weighted by molar-refractivity contribution is 5.38. The Kier molecular flexibility index (Phi) is 24.9. The molecule has 0 heterocycles. The second-order valence-electron chi connectivity index (χ2n) is 2.17. The SMILES string of the molecule is CC.CC.CC.COCc1ccc(N)cc1. The first kappa shape index (κ1) is 20.4. The molecule has 0 saturated heterocycles. The number of benzene rings is 1. The highest BCUT2D eigenvalue weighted by Crippen LogP contribution is 2.05. The molecule has 0 saturated carbocycles. The first-order valence-corrected chi connectivity index (χ1v) is 6.16. The Labute approximate surface area is 102 Å². The summed E-state index contributed by atoms with van der Waals surface area (Å²) in [5.41, 5.74) is 7.42. The maximum Gasteiger partial charge on any atom is 0.0713 e. The standard InChI is InChI=1S/C8H11NO.3C2H6/c1-10-6-7-2-4-8(9)5-3-7;3*1-2/h2-5H,6,9H2,1H3;3*1-2H3. The van der Waals surface area contributed by atoms with Crippen molar-refractivity contribution in [3.8, 4) is 0 Å². The van der Waals surface area contributed by atoms with Crippen molar-refractivity contribution in [3.63, 3.8) is 0 Å². The van der Waals surface area contributed by atoms with Crippen LogP contribution in [-0.4, -0.2) is 7.11 Å². The molecule has 0 aromatic heterocycles. The highest BCUT2D eigenvalue weighted by atomic mass is 16.5. The van der Waals surface area contributed by atoms with Crippen LogP contribution in [0.15, 0.2) is 24.3 Å². The van der Waals surface area contributed by atoms with Gasteiger partial charge in [-0.15, -0.1) is 0 Å². The fourth-order valence-electron chi connectivity index (χ4n) is 0.781. The van der Waals surface area contributed by atoms with Crippen LogP contribution in [0.25, 0.3) is 0 Å². The van der Waals surface area contributed by atoms with Crippen molar-refractivity contribution in [2.45, 2.75) is 48.1 Å². The van der Waals surface area contributed by atoms with Crippen LogP contribution in [-0.2, 0) is 11.3 Å². The van der Waals surface area contributed by atoms with E-state index in [1.165, 1.54) is 0 Å². The average molecular weight is 227 g/mol. The number of ether oxygens (including phenoxy) is 1. The van der Waals surface area contributed by atoms with Crippen molar-refractivity contribution in [2.75, 3.05) is 12.8 Å². The van der Waals surface area contributed by atoms with E-state index >= 15 is 0 Å². The van der Waals surface area contributed by atoms with Crippen LogP contribution < -0.4 is 5.73 Å². The van der Waals surface area contributed by atoms with Crippen LogP contribution in [0.4, 0.5) is 5.69 Å². The normalized spacial score (nSPS) is 7.19. The molecule has 0 spiro atoms. The third-order valence-corrected chi connectivity index (χ3v) is 1.29. The second kappa shape index (κ2) is 19.5. The number of nitrogen functional groups attached to an aromatic ring is 1. The molecule has 0 amide bonds. The predicted molar refractivity (Wildman–Crippen MR) is 75.6 cm³/mol. The molecule has 1 aromatic carbocycles. The van der Waals surface area contributed by atoms with E-state index in [1.807, 2.05) is 65.8 Å². The summed E-state index contributed by atoms with van der Waals surface area (Å²) in [6, 6.07) is 7.65. The van der Waals surface area contributed by atoms with E-state index in [2.05, 4.69) is 0 Å². The lowest BCUT2D eigenvalue weighted by atomic mass is 10.2. The van der Waals surface area contributed by atoms with Crippen LogP contribution in [0.3, 0.4) is 0 Å². The van der Waals surface area contributed by atoms with E-state index in [0.29, 0.717) is 6.61 Å². The third kappa shape index (κ3) is 13.0. The van der Waals surface area contributed by atoms with Crippen molar-refractivity contribution < 1.29 is 4.74 Å². The molecule has 2 N–H and O–H groups in total. The number of rotatable bonds is 2. The Hall–Kier alpha value is -1.02. The van der Waals surface area contributed by atoms with Crippen LogP contribution >= 0.6 is 0 Å². The van der Waals surface area contributed by atoms with Crippen LogP contribution in [0.5, 0.6) is 0 Å². The minimum Gasteiger partial charge on any atom is -0.399 e. The Balaban J connectivity index is -0.000000245. The molecule has 0 aliphatic heterocycles. The van der Waals surface area contributed by atoms with Gasteiger partial charge in [0.25, 0.3) is 0 Å². The summed E-state index contributed by atoms with van der Waals surface area (Å²) in [7, 11) is 1.68. The van der Waals surface area contributed by atoms with Gasteiger partial charge < -0.3 is 10.5 Å². The summed E-state index contributed by atoms with van der Waals surface area (Å²) >= 11 is 0. The number of hydrogen-bond donors (Lipinski definition) is 1. The molecule has 0 bridgehead atoms. The van der Waals surface area contributed by atoms with Crippen LogP contribution in [0.2, 0.25) is 0 Å². The highest BCUT2D eigenvalue weighted by Gasteiger charge is 1.88. The van der Waals surface area contributed by atoms with Gasteiger partial charge in [-0.3, -0.25) is 0 Å². The molecule has 0 atom stereocenters.